The molecule has 0 aliphatic heterocycles. The van der Waals surface area contributed by atoms with Crippen molar-refractivity contribution >= 4 is 17.4 Å². The summed E-state index contributed by atoms with van der Waals surface area (Å²) in [5, 5.41) is 19.8. The monoisotopic (exact) mass is 326 g/mol. The minimum atomic E-state index is -0.397. The quantitative estimate of drug-likeness (QED) is 0.405. The Morgan fingerprint density at radius 2 is 1.78 bits per heavy atom. The number of hydrogen-bond acceptors (Lipinski definition) is 5. The van der Waals surface area contributed by atoms with Crippen LogP contribution in [0.3, 0.4) is 0 Å². The summed E-state index contributed by atoms with van der Waals surface area (Å²) in [6.07, 6.45) is 0. The first kappa shape index (κ1) is 15.2. The molecule has 0 atom stereocenters. The van der Waals surface area contributed by atoms with Crippen LogP contribution < -0.4 is 0 Å². The minimum Gasteiger partial charge on any atom is -0.274 e. The number of nitrogens with zero attached hydrogens (tertiary/aromatic N) is 4. The van der Waals surface area contributed by atoms with Gasteiger partial charge in [-0.3, -0.25) is 14.7 Å². The summed E-state index contributed by atoms with van der Waals surface area (Å²) >= 11 is 1.55. The van der Waals surface area contributed by atoms with Gasteiger partial charge >= 0.3 is 0 Å². The van der Waals surface area contributed by atoms with E-state index in [2.05, 4.69) is 10.2 Å². The molecule has 7 heteroatoms. The van der Waals surface area contributed by atoms with Crippen LogP contribution in [0.4, 0.5) is 5.69 Å². The summed E-state index contributed by atoms with van der Waals surface area (Å²) in [5.74, 6) is 1.49. The maximum absolute atomic E-state index is 10.7. The van der Waals surface area contributed by atoms with Crippen molar-refractivity contribution in [3.63, 3.8) is 0 Å². The van der Waals surface area contributed by atoms with Crippen molar-refractivity contribution in [2.75, 3.05) is 0 Å². The molecule has 0 unspecified atom stereocenters. The van der Waals surface area contributed by atoms with Gasteiger partial charge in [0.25, 0.3) is 5.69 Å². The second kappa shape index (κ2) is 6.62. The number of aromatic nitrogens is 3. The first-order valence-electron chi connectivity index (χ1n) is 6.99. The van der Waals surface area contributed by atoms with Gasteiger partial charge in [0.05, 0.1) is 4.92 Å². The Bertz CT molecular complexity index is 816. The fourth-order valence-corrected chi connectivity index (χ4v) is 3.13. The number of nitro benzene ring substituents is 1. The van der Waals surface area contributed by atoms with Gasteiger partial charge in [0.1, 0.15) is 5.82 Å². The van der Waals surface area contributed by atoms with Gasteiger partial charge in [0.2, 0.25) is 0 Å². The predicted molar refractivity (Wildman–Crippen MR) is 88.8 cm³/mol. The lowest BCUT2D eigenvalue weighted by molar-refractivity contribution is -0.384. The zero-order valence-electron chi connectivity index (χ0n) is 12.4. The lowest BCUT2D eigenvalue weighted by Gasteiger charge is -2.08. The van der Waals surface area contributed by atoms with E-state index < -0.39 is 4.92 Å². The third-order valence-corrected chi connectivity index (χ3v) is 4.32. The van der Waals surface area contributed by atoms with Crippen molar-refractivity contribution in [2.24, 2.45) is 0 Å². The van der Waals surface area contributed by atoms with Gasteiger partial charge in [-0.1, -0.05) is 42.1 Å². The molecule has 0 amide bonds. The SMILES string of the molecule is Cc1nnc(SCc2ccc([N+](=O)[O-])cc2)n1-c1ccccc1. The lowest BCUT2D eigenvalue weighted by atomic mass is 10.2. The van der Waals surface area contributed by atoms with Gasteiger partial charge in [-0.15, -0.1) is 10.2 Å². The Morgan fingerprint density at radius 1 is 1.09 bits per heavy atom. The molecule has 0 N–H and O–H groups in total. The van der Waals surface area contributed by atoms with Crippen molar-refractivity contribution in [3.05, 3.63) is 76.1 Å². The number of aryl methyl sites for hydroxylation is 1. The maximum atomic E-state index is 10.7. The highest BCUT2D eigenvalue weighted by Gasteiger charge is 2.11. The van der Waals surface area contributed by atoms with Crippen LogP contribution in [-0.4, -0.2) is 19.7 Å². The number of nitro groups is 1. The van der Waals surface area contributed by atoms with E-state index in [9.17, 15) is 10.1 Å². The number of hydrogen-bond donors (Lipinski definition) is 0. The molecule has 0 saturated heterocycles. The Morgan fingerprint density at radius 3 is 2.43 bits per heavy atom. The molecule has 3 aromatic rings. The van der Waals surface area contributed by atoms with Gasteiger partial charge in [-0.2, -0.15) is 0 Å². The predicted octanol–water partition coefficient (Wildman–Crippen LogP) is 3.78. The first-order valence-corrected chi connectivity index (χ1v) is 7.97. The van der Waals surface area contributed by atoms with Crippen LogP contribution >= 0.6 is 11.8 Å². The van der Waals surface area contributed by atoms with Crippen LogP contribution in [-0.2, 0) is 5.75 Å². The van der Waals surface area contributed by atoms with E-state index in [4.69, 9.17) is 0 Å². The standard InChI is InChI=1S/C16H14N4O2S/c1-12-17-18-16(19(12)14-5-3-2-4-6-14)23-11-13-7-9-15(10-8-13)20(21)22/h2-10H,11H2,1H3. The van der Waals surface area contributed by atoms with Crippen molar-refractivity contribution in [1.29, 1.82) is 0 Å². The number of thioether (sulfide) groups is 1. The average Bonchev–Trinajstić information content (AvgIpc) is 2.95. The number of non-ortho nitro benzene ring substituents is 1. The normalized spacial score (nSPS) is 10.7. The van der Waals surface area contributed by atoms with E-state index >= 15 is 0 Å². The Balaban J connectivity index is 1.78. The molecule has 0 spiro atoms. The fourth-order valence-electron chi connectivity index (χ4n) is 2.17. The summed E-state index contributed by atoms with van der Waals surface area (Å²) in [6.45, 7) is 1.91. The van der Waals surface area contributed by atoms with E-state index in [1.54, 1.807) is 23.9 Å². The van der Waals surface area contributed by atoms with Crippen molar-refractivity contribution < 1.29 is 4.92 Å². The highest BCUT2D eigenvalue weighted by atomic mass is 32.2. The van der Waals surface area contributed by atoms with Crippen LogP contribution in [0, 0.1) is 17.0 Å². The van der Waals surface area contributed by atoms with Crippen LogP contribution in [0.1, 0.15) is 11.4 Å². The highest BCUT2D eigenvalue weighted by Crippen LogP contribution is 2.25. The second-order valence-electron chi connectivity index (χ2n) is 4.91. The molecule has 0 saturated carbocycles. The summed E-state index contributed by atoms with van der Waals surface area (Å²) in [4.78, 5) is 10.3. The zero-order chi connectivity index (χ0) is 16.2. The molecule has 0 aliphatic carbocycles. The Labute approximate surface area is 137 Å². The summed E-state index contributed by atoms with van der Waals surface area (Å²) < 4.78 is 2.00. The maximum Gasteiger partial charge on any atom is 0.269 e. The molecule has 116 valence electrons. The third-order valence-electron chi connectivity index (χ3n) is 3.32. The van der Waals surface area contributed by atoms with E-state index in [0.717, 1.165) is 22.2 Å². The van der Waals surface area contributed by atoms with Crippen molar-refractivity contribution in [1.82, 2.24) is 14.8 Å². The molecule has 0 bridgehead atoms. The molecule has 1 aromatic heterocycles. The van der Waals surface area contributed by atoms with Crippen LogP contribution in [0.5, 0.6) is 0 Å². The van der Waals surface area contributed by atoms with Gasteiger partial charge in [0.15, 0.2) is 5.16 Å². The highest BCUT2D eigenvalue weighted by molar-refractivity contribution is 7.98. The Hall–Kier alpha value is -2.67. The largest absolute Gasteiger partial charge is 0.274 e. The van der Waals surface area contributed by atoms with E-state index in [-0.39, 0.29) is 5.69 Å². The molecule has 0 radical (unpaired) electrons. The molecule has 1 heterocycles. The van der Waals surface area contributed by atoms with Crippen molar-refractivity contribution in [2.45, 2.75) is 17.8 Å². The van der Waals surface area contributed by atoms with Gasteiger partial charge in [0, 0.05) is 23.6 Å². The lowest BCUT2D eigenvalue weighted by Crippen LogP contribution is -1.98. The van der Waals surface area contributed by atoms with E-state index in [1.807, 2.05) is 41.8 Å². The summed E-state index contributed by atoms with van der Waals surface area (Å²) in [5.41, 5.74) is 2.11. The van der Waals surface area contributed by atoms with Gasteiger partial charge in [-0.05, 0) is 24.6 Å². The molecule has 23 heavy (non-hydrogen) atoms. The second-order valence-corrected chi connectivity index (χ2v) is 5.86. The molecule has 0 aliphatic rings. The molecular weight excluding hydrogens is 312 g/mol. The van der Waals surface area contributed by atoms with Crippen LogP contribution in [0.15, 0.2) is 59.8 Å². The fraction of sp³-hybridized carbons (Fsp3) is 0.125. The summed E-state index contributed by atoms with van der Waals surface area (Å²) in [6, 6.07) is 16.5. The molecular formula is C16H14N4O2S. The topological polar surface area (TPSA) is 73.8 Å². The van der Waals surface area contributed by atoms with Gasteiger partial charge in [-0.25, -0.2) is 0 Å². The number of rotatable bonds is 5. The minimum absolute atomic E-state index is 0.0991. The smallest absolute Gasteiger partial charge is 0.269 e. The van der Waals surface area contributed by atoms with Gasteiger partial charge < -0.3 is 0 Å². The van der Waals surface area contributed by atoms with Crippen LogP contribution in [0.2, 0.25) is 0 Å². The first-order chi connectivity index (χ1) is 11.1. The zero-order valence-corrected chi connectivity index (χ0v) is 13.2. The molecule has 6 nitrogen and oxygen atoms in total. The third kappa shape index (κ3) is 3.40. The summed E-state index contributed by atoms with van der Waals surface area (Å²) in [7, 11) is 0. The number of benzene rings is 2. The van der Waals surface area contributed by atoms with E-state index in [0.29, 0.717) is 5.75 Å². The number of para-hydroxylation sites is 1. The van der Waals surface area contributed by atoms with Crippen molar-refractivity contribution in [3.8, 4) is 5.69 Å². The van der Waals surface area contributed by atoms with E-state index in [1.165, 1.54) is 12.1 Å². The molecule has 2 aromatic carbocycles. The Kier molecular flexibility index (Phi) is 4.38. The molecule has 3 rings (SSSR count). The molecule has 0 fully saturated rings. The average molecular weight is 326 g/mol. The van der Waals surface area contributed by atoms with Crippen LogP contribution in [0.25, 0.3) is 5.69 Å².